The summed E-state index contributed by atoms with van der Waals surface area (Å²) >= 11 is 4.50. The zero-order chi connectivity index (χ0) is 11.2. The second-order valence-corrected chi connectivity index (χ2v) is 3.01. The Bertz CT molecular complexity index is 507. The molecule has 0 fully saturated rings. The SMILES string of the molecule is S=C=Nc1ccc(Oc2ncccn2)cc1. The first kappa shape index (κ1) is 10.4. The Morgan fingerprint density at radius 2 is 1.81 bits per heavy atom. The van der Waals surface area contributed by atoms with Crippen molar-refractivity contribution in [2.45, 2.75) is 0 Å². The van der Waals surface area contributed by atoms with Crippen LogP contribution in [0.25, 0.3) is 0 Å². The predicted octanol–water partition coefficient (Wildman–Crippen LogP) is 3.00. The minimum absolute atomic E-state index is 0.314. The van der Waals surface area contributed by atoms with E-state index in [0.717, 1.165) is 5.69 Å². The van der Waals surface area contributed by atoms with Gasteiger partial charge in [-0.3, -0.25) is 0 Å². The topological polar surface area (TPSA) is 47.4 Å². The highest BCUT2D eigenvalue weighted by molar-refractivity contribution is 7.78. The van der Waals surface area contributed by atoms with Crippen molar-refractivity contribution in [3.63, 3.8) is 0 Å². The second kappa shape index (κ2) is 5.11. The molecule has 0 saturated heterocycles. The first-order chi connectivity index (χ1) is 7.88. The molecular formula is C11H7N3OS. The Morgan fingerprint density at radius 3 is 2.44 bits per heavy atom. The molecule has 1 heterocycles. The Kier molecular flexibility index (Phi) is 3.33. The van der Waals surface area contributed by atoms with E-state index in [1.165, 1.54) is 0 Å². The summed E-state index contributed by atoms with van der Waals surface area (Å²) in [5.41, 5.74) is 0.733. The maximum Gasteiger partial charge on any atom is 0.321 e. The molecule has 0 saturated carbocycles. The molecule has 0 aliphatic rings. The molecule has 0 amide bonds. The Hall–Kier alpha value is -2.10. The summed E-state index contributed by atoms with van der Waals surface area (Å²) in [7, 11) is 0. The zero-order valence-corrected chi connectivity index (χ0v) is 9.02. The molecule has 5 heteroatoms. The van der Waals surface area contributed by atoms with Gasteiger partial charge in [0, 0.05) is 12.4 Å². The van der Waals surface area contributed by atoms with Crippen LogP contribution in [0.2, 0.25) is 0 Å². The number of isothiocyanates is 1. The fourth-order valence-electron chi connectivity index (χ4n) is 1.08. The van der Waals surface area contributed by atoms with E-state index in [-0.39, 0.29) is 0 Å². The van der Waals surface area contributed by atoms with Crippen molar-refractivity contribution in [2.24, 2.45) is 4.99 Å². The van der Waals surface area contributed by atoms with E-state index in [1.807, 2.05) is 0 Å². The lowest BCUT2D eigenvalue weighted by molar-refractivity contribution is 0.442. The number of rotatable bonds is 3. The first-order valence-corrected chi connectivity index (χ1v) is 4.92. The second-order valence-electron chi connectivity index (χ2n) is 2.83. The molecule has 0 unspecified atom stereocenters. The van der Waals surface area contributed by atoms with Crippen molar-refractivity contribution in [3.8, 4) is 11.8 Å². The zero-order valence-electron chi connectivity index (χ0n) is 8.20. The highest BCUT2D eigenvalue weighted by atomic mass is 32.1. The third-order valence-electron chi connectivity index (χ3n) is 1.76. The summed E-state index contributed by atoms with van der Waals surface area (Å²) in [6.07, 6.45) is 3.24. The molecule has 0 bridgehead atoms. The van der Waals surface area contributed by atoms with Crippen molar-refractivity contribution in [3.05, 3.63) is 42.7 Å². The average Bonchev–Trinajstić information content (AvgIpc) is 2.33. The van der Waals surface area contributed by atoms with Gasteiger partial charge in [0.25, 0.3) is 0 Å². The van der Waals surface area contributed by atoms with Crippen LogP contribution in [-0.2, 0) is 0 Å². The van der Waals surface area contributed by atoms with Crippen LogP contribution in [0.5, 0.6) is 11.8 Å². The molecule has 1 aromatic heterocycles. The summed E-state index contributed by atoms with van der Waals surface area (Å²) in [4.78, 5) is 11.7. The van der Waals surface area contributed by atoms with E-state index >= 15 is 0 Å². The monoisotopic (exact) mass is 229 g/mol. The minimum atomic E-state index is 0.314. The molecule has 0 radical (unpaired) electrons. The number of benzene rings is 1. The molecule has 2 rings (SSSR count). The van der Waals surface area contributed by atoms with E-state index in [4.69, 9.17) is 4.74 Å². The van der Waals surface area contributed by atoms with Crippen molar-refractivity contribution in [1.82, 2.24) is 9.97 Å². The predicted molar refractivity (Wildman–Crippen MR) is 63.2 cm³/mol. The highest BCUT2D eigenvalue weighted by Gasteiger charge is 1.98. The lowest BCUT2D eigenvalue weighted by atomic mass is 10.3. The van der Waals surface area contributed by atoms with Gasteiger partial charge in [0.15, 0.2) is 0 Å². The van der Waals surface area contributed by atoms with Crippen LogP contribution in [0.1, 0.15) is 0 Å². The first-order valence-electron chi connectivity index (χ1n) is 4.51. The van der Waals surface area contributed by atoms with Crippen molar-refractivity contribution >= 4 is 23.1 Å². The van der Waals surface area contributed by atoms with Gasteiger partial charge in [-0.2, -0.15) is 4.99 Å². The molecule has 0 atom stereocenters. The lowest BCUT2D eigenvalue weighted by Crippen LogP contribution is -1.89. The quantitative estimate of drug-likeness (QED) is 0.599. The highest BCUT2D eigenvalue weighted by Crippen LogP contribution is 2.20. The summed E-state index contributed by atoms with van der Waals surface area (Å²) in [6, 6.07) is 9.12. The summed E-state index contributed by atoms with van der Waals surface area (Å²) in [5.74, 6) is 0.648. The van der Waals surface area contributed by atoms with Gasteiger partial charge in [-0.15, -0.1) is 0 Å². The van der Waals surface area contributed by atoms with Gasteiger partial charge < -0.3 is 4.74 Å². The number of aliphatic imine (C=N–C) groups is 1. The van der Waals surface area contributed by atoms with Crippen molar-refractivity contribution in [1.29, 1.82) is 0 Å². The van der Waals surface area contributed by atoms with E-state index in [2.05, 4.69) is 32.3 Å². The molecule has 0 N–H and O–H groups in total. The van der Waals surface area contributed by atoms with E-state index < -0.39 is 0 Å². The summed E-state index contributed by atoms with van der Waals surface area (Å²) in [6.45, 7) is 0. The molecule has 0 spiro atoms. The fourth-order valence-corrected chi connectivity index (χ4v) is 1.19. The Labute approximate surface area is 97.7 Å². The largest absolute Gasteiger partial charge is 0.424 e. The van der Waals surface area contributed by atoms with Gasteiger partial charge in [0.05, 0.1) is 10.8 Å². The smallest absolute Gasteiger partial charge is 0.321 e. The number of aromatic nitrogens is 2. The van der Waals surface area contributed by atoms with Gasteiger partial charge in [0.1, 0.15) is 5.75 Å². The number of ether oxygens (including phenoxy) is 1. The van der Waals surface area contributed by atoms with Gasteiger partial charge in [-0.25, -0.2) is 9.97 Å². The van der Waals surface area contributed by atoms with Gasteiger partial charge in [0.2, 0.25) is 0 Å². The van der Waals surface area contributed by atoms with Gasteiger partial charge >= 0.3 is 6.01 Å². The lowest BCUT2D eigenvalue weighted by Gasteiger charge is -2.02. The third-order valence-corrected chi connectivity index (χ3v) is 1.85. The average molecular weight is 229 g/mol. The number of hydrogen-bond donors (Lipinski definition) is 0. The van der Waals surface area contributed by atoms with Gasteiger partial charge in [-0.1, -0.05) is 0 Å². The normalized spacial score (nSPS) is 9.25. The van der Waals surface area contributed by atoms with Crippen LogP contribution in [-0.4, -0.2) is 15.1 Å². The fraction of sp³-hybridized carbons (Fsp3) is 0. The molecule has 1 aromatic carbocycles. The van der Waals surface area contributed by atoms with E-state index in [1.54, 1.807) is 42.7 Å². The molecular weight excluding hydrogens is 222 g/mol. The van der Waals surface area contributed by atoms with E-state index in [9.17, 15) is 0 Å². The molecule has 16 heavy (non-hydrogen) atoms. The van der Waals surface area contributed by atoms with Crippen molar-refractivity contribution < 1.29 is 4.74 Å². The Balaban J connectivity index is 2.14. The molecule has 0 aliphatic heterocycles. The van der Waals surface area contributed by atoms with Crippen LogP contribution >= 0.6 is 12.2 Å². The number of nitrogens with zero attached hydrogens (tertiary/aromatic N) is 3. The Morgan fingerprint density at radius 1 is 1.12 bits per heavy atom. The van der Waals surface area contributed by atoms with Crippen LogP contribution in [0.15, 0.2) is 47.7 Å². The molecule has 4 nitrogen and oxygen atoms in total. The molecule has 78 valence electrons. The standard InChI is InChI=1S/C11H7N3OS/c16-8-14-9-2-4-10(5-3-9)15-11-12-6-1-7-13-11/h1-7H. The maximum absolute atomic E-state index is 5.40. The van der Waals surface area contributed by atoms with E-state index in [0.29, 0.717) is 11.8 Å². The van der Waals surface area contributed by atoms with Crippen LogP contribution in [0.3, 0.4) is 0 Å². The minimum Gasteiger partial charge on any atom is -0.424 e. The molecule has 2 aromatic rings. The van der Waals surface area contributed by atoms with Crippen LogP contribution < -0.4 is 4.74 Å². The molecule has 0 aliphatic carbocycles. The van der Waals surface area contributed by atoms with Crippen LogP contribution in [0, 0.1) is 0 Å². The number of thiocarbonyl (C=S) groups is 1. The summed E-state index contributed by atoms with van der Waals surface area (Å²) < 4.78 is 5.40. The van der Waals surface area contributed by atoms with Crippen LogP contribution in [0.4, 0.5) is 5.69 Å². The maximum atomic E-state index is 5.40. The van der Waals surface area contributed by atoms with Crippen molar-refractivity contribution in [2.75, 3.05) is 0 Å². The van der Waals surface area contributed by atoms with Gasteiger partial charge in [-0.05, 0) is 42.5 Å². The number of hydrogen-bond acceptors (Lipinski definition) is 5. The third kappa shape index (κ3) is 2.70. The summed E-state index contributed by atoms with van der Waals surface area (Å²) in [5, 5.41) is 2.30.